The monoisotopic (exact) mass is 310 g/mol. The molecule has 3 heterocycles. The van der Waals surface area contributed by atoms with Crippen LogP contribution in [0.5, 0.6) is 0 Å². The topological polar surface area (TPSA) is 66.4 Å². The summed E-state index contributed by atoms with van der Waals surface area (Å²) in [6, 6.07) is 2.82. The van der Waals surface area contributed by atoms with Crippen molar-refractivity contribution >= 4 is 10.0 Å². The summed E-state index contributed by atoms with van der Waals surface area (Å²) >= 11 is 0. The van der Waals surface area contributed by atoms with Crippen molar-refractivity contribution in [1.29, 1.82) is 0 Å². The van der Waals surface area contributed by atoms with Gasteiger partial charge in [-0.25, -0.2) is 22.7 Å². The quantitative estimate of drug-likeness (QED) is 0.834. The highest BCUT2D eigenvalue weighted by molar-refractivity contribution is 7.88. The molecule has 0 saturated carbocycles. The number of rotatable bonds is 3. The van der Waals surface area contributed by atoms with Gasteiger partial charge in [-0.3, -0.25) is 4.90 Å². The van der Waals surface area contributed by atoms with Crippen molar-refractivity contribution in [2.75, 3.05) is 25.9 Å². The van der Waals surface area contributed by atoms with Gasteiger partial charge in [0, 0.05) is 25.3 Å². The lowest BCUT2D eigenvalue weighted by Crippen LogP contribution is -2.46. The van der Waals surface area contributed by atoms with Crippen LogP contribution < -0.4 is 0 Å². The third kappa shape index (κ3) is 3.25. The fourth-order valence-electron chi connectivity index (χ4n) is 3.55. The Bertz CT molecular complexity index is 570. The average Bonchev–Trinajstić information content (AvgIpc) is 2.97. The summed E-state index contributed by atoms with van der Waals surface area (Å²) < 4.78 is 24.8. The van der Waals surface area contributed by atoms with Crippen molar-refractivity contribution < 1.29 is 8.42 Å². The number of nitrogens with zero attached hydrogens (tertiary/aromatic N) is 4. The van der Waals surface area contributed by atoms with Gasteiger partial charge in [0.1, 0.15) is 6.33 Å². The van der Waals surface area contributed by atoms with Gasteiger partial charge in [0.05, 0.1) is 18.0 Å². The molecule has 2 aliphatic heterocycles. The molecule has 1 atom stereocenters. The van der Waals surface area contributed by atoms with Gasteiger partial charge >= 0.3 is 0 Å². The van der Waals surface area contributed by atoms with E-state index in [-0.39, 0.29) is 0 Å². The molecule has 0 unspecified atom stereocenters. The molecule has 2 fully saturated rings. The molecular weight excluding hydrogens is 288 g/mol. The maximum Gasteiger partial charge on any atom is 0.211 e. The highest BCUT2D eigenvalue weighted by Crippen LogP contribution is 2.35. The fraction of sp³-hybridized carbons (Fsp3) is 0.714. The molecule has 0 bridgehead atoms. The zero-order chi connectivity index (χ0) is 14.9. The van der Waals surface area contributed by atoms with Crippen LogP contribution in [0.25, 0.3) is 0 Å². The fourth-order valence-corrected chi connectivity index (χ4v) is 4.42. The van der Waals surface area contributed by atoms with Crippen LogP contribution in [0.2, 0.25) is 0 Å². The van der Waals surface area contributed by atoms with E-state index in [1.807, 2.05) is 6.07 Å². The van der Waals surface area contributed by atoms with E-state index in [2.05, 4.69) is 14.9 Å². The summed E-state index contributed by atoms with van der Waals surface area (Å²) in [6.45, 7) is 2.35. The molecule has 3 rings (SSSR count). The third-order valence-electron chi connectivity index (χ3n) is 4.60. The Morgan fingerprint density at radius 1 is 1.19 bits per heavy atom. The molecule has 7 heteroatoms. The van der Waals surface area contributed by atoms with Crippen LogP contribution in [-0.4, -0.2) is 59.5 Å². The number of hydrogen-bond acceptors (Lipinski definition) is 5. The van der Waals surface area contributed by atoms with E-state index in [9.17, 15) is 8.42 Å². The van der Waals surface area contributed by atoms with E-state index in [1.54, 1.807) is 16.8 Å². The molecular formula is C14H22N4O2S. The average molecular weight is 310 g/mol. The van der Waals surface area contributed by atoms with E-state index in [1.165, 1.54) is 12.7 Å². The Hall–Kier alpha value is -1.05. The molecule has 0 spiro atoms. The Balaban J connectivity index is 1.67. The third-order valence-corrected chi connectivity index (χ3v) is 5.91. The minimum absolute atomic E-state index is 0.364. The number of hydrogen-bond donors (Lipinski definition) is 0. The molecule has 116 valence electrons. The van der Waals surface area contributed by atoms with Gasteiger partial charge in [-0.15, -0.1) is 0 Å². The predicted octanol–water partition coefficient (Wildman–Crippen LogP) is 1.04. The maximum atomic E-state index is 11.6. The van der Waals surface area contributed by atoms with Gasteiger partial charge in [0.25, 0.3) is 0 Å². The van der Waals surface area contributed by atoms with Gasteiger partial charge < -0.3 is 0 Å². The van der Waals surface area contributed by atoms with Crippen LogP contribution in [-0.2, 0) is 10.0 Å². The first kappa shape index (κ1) is 14.9. The van der Waals surface area contributed by atoms with Crippen molar-refractivity contribution in [1.82, 2.24) is 19.2 Å². The smallest absolute Gasteiger partial charge is 0.211 e. The second kappa shape index (κ2) is 5.98. The minimum atomic E-state index is -3.04. The molecule has 0 amide bonds. The van der Waals surface area contributed by atoms with Gasteiger partial charge in [0.15, 0.2) is 0 Å². The summed E-state index contributed by atoms with van der Waals surface area (Å²) in [5.41, 5.74) is 1.09. The Morgan fingerprint density at radius 3 is 2.57 bits per heavy atom. The lowest BCUT2D eigenvalue weighted by Gasteiger charge is -2.38. The molecule has 21 heavy (non-hydrogen) atoms. The molecule has 2 saturated heterocycles. The first-order chi connectivity index (χ1) is 10.1. The maximum absolute atomic E-state index is 11.6. The predicted molar refractivity (Wildman–Crippen MR) is 80.2 cm³/mol. The number of piperidine rings is 1. The van der Waals surface area contributed by atoms with Crippen molar-refractivity contribution in [3.05, 3.63) is 24.3 Å². The van der Waals surface area contributed by atoms with Crippen LogP contribution in [0.4, 0.5) is 0 Å². The number of sulfonamides is 1. The van der Waals surface area contributed by atoms with Crippen molar-refractivity contribution in [2.24, 2.45) is 0 Å². The zero-order valence-corrected chi connectivity index (χ0v) is 13.2. The van der Waals surface area contributed by atoms with Crippen LogP contribution >= 0.6 is 0 Å². The van der Waals surface area contributed by atoms with Crippen LogP contribution in [0.3, 0.4) is 0 Å². The molecule has 1 aromatic heterocycles. The standard InChI is InChI=1S/C14H22N4O2S/c1-21(19,20)17-9-5-12(6-10-17)18-8-2-3-14(18)13-4-7-15-11-16-13/h4,7,11-12,14H,2-3,5-6,8-10H2,1H3/t14-/m1/s1. The summed E-state index contributed by atoms with van der Waals surface area (Å²) in [5, 5.41) is 0. The molecule has 2 aliphatic rings. The van der Waals surface area contributed by atoms with Crippen LogP contribution in [0.15, 0.2) is 18.6 Å². The Labute approximate surface area is 126 Å². The lowest BCUT2D eigenvalue weighted by molar-refractivity contribution is 0.125. The Morgan fingerprint density at radius 2 is 1.95 bits per heavy atom. The first-order valence-electron chi connectivity index (χ1n) is 7.52. The Kier molecular flexibility index (Phi) is 4.24. The first-order valence-corrected chi connectivity index (χ1v) is 9.37. The van der Waals surface area contributed by atoms with E-state index in [4.69, 9.17) is 0 Å². The van der Waals surface area contributed by atoms with E-state index in [0.29, 0.717) is 25.2 Å². The molecule has 1 aromatic rings. The molecule has 0 radical (unpaired) electrons. The number of likely N-dealkylation sites (tertiary alicyclic amines) is 1. The molecule has 6 nitrogen and oxygen atoms in total. The van der Waals surface area contributed by atoms with Gasteiger partial charge in [-0.2, -0.15) is 0 Å². The lowest BCUT2D eigenvalue weighted by atomic mass is 10.0. The second-order valence-electron chi connectivity index (χ2n) is 5.92. The van der Waals surface area contributed by atoms with Gasteiger partial charge in [-0.05, 0) is 38.3 Å². The van der Waals surface area contributed by atoms with Gasteiger partial charge in [0.2, 0.25) is 10.0 Å². The summed E-state index contributed by atoms with van der Waals surface area (Å²) in [7, 11) is -3.04. The summed E-state index contributed by atoms with van der Waals surface area (Å²) in [6.07, 6.45) is 8.84. The second-order valence-corrected chi connectivity index (χ2v) is 7.91. The normalized spacial score (nSPS) is 26.2. The van der Waals surface area contributed by atoms with Crippen molar-refractivity contribution in [3.8, 4) is 0 Å². The van der Waals surface area contributed by atoms with Crippen LogP contribution in [0.1, 0.15) is 37.4 Å². The zero-order valence-electron chi connectivity index (χ0n) is 12.4. The SMILES string of the molecule is CS(=O)(=O)N1CCC(N2CCC[C@@H]2c2ccncn2)CC1. The van der Waals surface area contributed by atoms with Crippen LogP contribution in [0, 0.1) is 0 Å². The van der Waals surface area contributed by atoms with Gasteiger partial charge in [-0.1, -0.05) is 0 Å². The molecule has 0 aliphatic carbocycles. The largest absolute Gasteiger partial charge is 0.292 e. The highest BCUT2D eigenvalue weighted by atomic mass is 32.2. The van der Waals surface area contributed by atoms with Crippen molar-refractivity contribution in [3.63, 3.8) is 0 Å². The van der Waals surface area contributed by atoms with E-state index >= 15 is 0 Å². The van der Waals surface area contributed by atoms with E-state index in [0.717, 1.165) is 31.5 Å². The highest BCUT2D eigenvalue weighted by Gasteiger charge is 2.35. The summed E-state index contributed by atoms with van der Waals surface area (Å²) in [5.74, 6) is 0. The molecule has 0 aromatic carbocycles. The summed E-state index contributed by atoms with van der Waals surface area (Å²) in [4.78, 5) is 10.9. The molecule has 0 N–H and O–H groups in total. The minimum Gasteiger partial charge on any atom is -0.292 e. The number of aromatic nitrogens is 2. The van der Waals surface area contributed by atoms with E-state index < -0.39 is 10.0 Å². The van der Waals surface area contributed by atoms with Crippen molar-refractivity contribution in [2.45, 2.75) is 37.8 Å².